The van der Waals surface area contributed by atoms with Crippen LogP contribution in [0.2, 0.25) is 0 Å². The van der Waals surface area contributed by atoms with Crippen LogP contribution in [0.3, 0.4) is 0 Å². The van der Waals surface area contributed by atoms with Gasteiger partial charge in [0.1, 0.15) is 5.75 Å². The molecule has 0 saturated heterocycles. The van der Waals surface area contributed by atoms with Crippen molar-refractivity contribution in [2.24, 2.45) is 0 Å². The quantitative estimate of drug-likeness (QED) is 0.598. The van der Waals surface area contributed by atoms with E-state index < -0.39 is 0 Å². The summed E-state index contributed by atoms with van der Waals surface area (Å²) in [6, 6.07) is 4.91. The molecule has 58 valence electrons. The minimum atomic E-state index is 0. The number of carbonyl (C=O) groups is 1. The molecule has 11 heavy (non-hydrogen) atoms. The molecule has 0 saturated carbocycles. The second-order valence-corrected chi connectivity index (χ2v) is 2.18. The monoisotopic (exact) mass is 346 g/mol. The molecule has 0 amide bonds. The summed E-state index contributed by atoms with van der Waals surface area (Å²) in [6.45, 7) is 1.87. The van der Waals surface area contributed by atoms with Gasteiger partial charge in [0, 0.05) is 0 Å². The van der Waals surface area contributed by atoms with Gasteiger partial charge >= 0.3 is 27.3 Å². The number of benzene rings is 1. The standard InChI is InChI=1S/C8H8O2.Pb.2H/c1-6-2-3-8(10)7(4-6)5-9;;;/h2-5,10H,1H3;;;. The van der Waals surface area contributed by atoms with Crippen molar-refractivity contribution in [1.29, 1.82) is 0 Å². The van der Waals surface area contributed by atoms with Gasteiger partial charge in [-0.3, -0.25) is 4.79 Å². The van der Waals surface area contributed by atoms with Gasteiger partial charge in [0.05, 0.1) is 5.56 Å². The maximum atomic E-state index is 10.2. The fourth-order valence-corrected chi connectivity index (χ4v) is 0.768. The number of carbonyl (C=O) groups excluding carboxylic acids is 1. The summed E-state index contributed by atoms with van der Waals surface area (Å²) in [5.41, 5.74) is 1.32. The number of aryl methyl sites for hydroxylation is 1. The van der Waals surface area contributed by atoms with Gasteiger partial charge < -0.3 is 5.11 Å². The number of aldehydes is 1. The fourth-order valence-electron chi connectivity index (χ4n) is 0.768. The first kappa shape index (κ1) is 10.6. The Bertz CT molecular complexity index is 258. The number of phenols is 1. The fraction of sp³-hybridized carbons (Fsp3) is 0.125. The molecular weight excluding hydrogens is 335 g/mol. The molecule has 0 unspecified atom stereocenters. The SMILES string of the molecule is Cc1ccc(O)c(C=O)c1.[PbH2]. The zero-order valence-electron chi connectivity index (χ0n) is 6.37. The van der Waals surface area contributed by atoms with E-state index >= 15 is 0 Å². The Labute approximate surface area is 85.4 Å². The van der Waals surface area contributed by atoms with Crippen molar-refractivity contribution in [3.05, 3.63) is 29.3 Å². The second-order valence-electron chi connectivity index (χ2n) is 2.18. The zero-order valence-corrected chi connectivity index (χ0v) is 11.9. The molecule has 0 atom stereocenters. The molecule has 2 nitrogen and oxygen atoms in total. The van der Waals surface area contributed by atoms with E-state index in [-0.39, 0.29) is 33.0 Å². The van der Waals surface area contributed by atoms with Gasteiger partial charge in [-0.05, 0) is 19.1 Å². The molecule has 0 aliphatic rings. The topological polar surface area (TPSA) is 37.3 Å². The summed E-state index contributed by atoms with van der Waals surface area (Å²) in [5, 5.41) is 9.00. The van der Waals surface area contributed by atoms with E-state index in [2.05, 4.69) is 0 Å². The Hall–Kier alpha value is -0.388. The van der Waals surface area contributed by atoms with Gasteiger partial charge in [-0.25, -0.2) is 0 Å². The van der Waals surface area contributed by atoms with Crippen molar-refractivity contribution >= 4 is 33.6 Å². The van der Waals surface area contributed by atoms with Crippen LogP contribution in [-0.4, -0.2) is 38.7 Å². The van der Waals surface area contributed by atoms with Crippen molar-refractivity contribution in [2.45, 2.75) is 6.92 Å². The molecular formula is C8H10O2Pb. The molecule has 1 N–H and O–H groups in total. The molecule has 0 fully saturated rings. The first-order valence-corrected chi connectivity index (χ1v) is 2.99. The average molecular weight is 345 g/mol. The van der Waals surface area contributed by atoms with Crippen LogP contribution in [0.1, 0.15) is 15.9 Å². The molecule has 0 heterocycles. The predicted octanol–water partition coefficient (Wildman–Crippen LogP) is 0.597. The zero-order chi connectivity index (χ0) is 7.56. The predicted molar refractivity (Wildman–Crippen MR) is 46.8 cm³/mol. The van der Waals surface area contributed by atoms with E-state index in [0.29, 0.717) is 11.8 Å². The molecule has 2 radical (unpaired) electrons. The number of hydrogen-bond acceptors (Lipinski definition) is 2. The van der Waals surface area contributed by atoms with Gasteiger partial charge in [-0.15, -0.1) is 0 Å². The molecule has 1 aromatic rings. The van der Waals surface area contributed by atoms with E-state index in [4.69, 9.17) is 5.11 Å². The molecule has 0 bridgehead atoms. The molecule has 1 rings (SSSR count). The first-order valence-electron chi connectivity index (χ1n) is 2.99. The van der Waals surface area contributed by atoms with Crippen molar-refractivity contribution in [3.63, 3.8) is 0 Å². The van der Waals surface area contributed by atoms with Gasteiger partial charge in [0.25, 0.3) is 0 Å². The normalized spacial score (nSPS) is 8.45. The van der Waals surface area contributed by atoms with Crippen molar-refractivity contribution < 1.29 is 9.90 Å². The van der Waals surface area contributed by atoms with Crippen LogP contribution in [0.4, 0.5) is 0 Å². The van der Waals surface area contributed by atoms with E-state index in [1.165, 1.54) is 6.07 Å². The van der Waals surface area contributed by atoms with Crippen molar-refractivity contribution in [3.8, 4) is 5.75 Å². The van der Waals surface area contributed by atoms with Crippen LogP contribution >= 0.6 is 0 Å². The average Bonchev–Trinajstić information content (AvgIpc) is 1.94. The second kappa shape index (κ2) is 4.48. The third kappa shape index (κ3) is 2.61. The summed E-state index contributed by atoms with van der Waals surface area (Å²) in [5.74, 6) is 0.0422. The molecule has 0 aliphatic heterocycles. The summed E-state index contributed by atoms with van der Waals surface area (Å²) in [4.78, 5) is 10.2. The Balaban J connectivity index is 0.000001000. The summed E-state index contributed by atoms with van der Waals surface area (Å²) < 4.78 is 0. The van der Waals surface area contributed by atoms with Crippen molar-refractivity contribution in [1.82, 2.24) is 0 Å². The van der Waals surface area contributed by atoms with Crippen LogP contribution in [0.5, 0.6) is 5.75 Å². The van der Waals surface area contributed by atoms with Crippen LogP contribution in [0.25, 0.3) is 0 Å². The van der Waals surface area contributed by atoms with Crippen LogP contribution in [0, 0.1) is 6.92 Å². The molecule has 0 aliphatic carbocycles. The Morgan fingerprint density at radius 3 is 2.55 bits per heavy atom. The van der Waals surface area contributed by atoms with Gasteiger partial charge in [-0.2, -0.15) is 0 Å². The van der Waals surface area contributed by atoms with Gasteiger partial charge in [-0.1, -0.05) is 11.6 Å². The number of hydrogen-bond donors (Lipinski definition) is 1. The number of aromatic hydroxyl groups is 1. The maximum absolute atomic E-state index is 10.2. The van der Waals surface area contributed by atoms with Gasteiger partial charge in [0.2, 0.25) is 0 Å². The van der Waals surface area contributed by atoms with E-state index in [1.54, 1.807) is 12.1 Å². The van der Waals surface area contributed by atoms with E-state index in [0.717, 1.165) is 5.56 Å². The van der Waals surface area contributed by atoms with Crippen molar-refractivity contribution in [2.75, 3.05) is 0 Å². The summed E-state index contributed by atoms with van der Waals surface area (Å²) in [6.07, 6.45) is 0.641. The Kier molecular flexibility index (Phi) is 4.32. The Morgan fingerprint density at radius 1 is 1.45 bits per heavy atom. The molecule has 3 heteroatoms. The molecule has 1 aromatic carbocycles. The third-order valence-electron chi connectivity index (χ3n) is 1.31. The van der Waals surface area contributed by atoms with Crippen LogP contribution in [-0.2, 0) is 0 Å². The number of phenolic OH excluding ortho intramolecular Hbond substituents is 1. The van der Waals surface area contributed by atoms with Crippen LogP contribution in [0.15, 0.2) is 18.2 Å². The Morgan fingerprint density at radius 2 is 2.09 bits per heavy atom. The third-order valence-corrected chi connectivity index (χ3v) is 1.31. The van der Waals surface area contributed by atoms with Gasteiger partial charge in [0.15, 0.2) is 6.29 Å². The molecule has 0 aromatic heterocycles. The number of rotatable bonds is 1. The summed E-state index contributed by atoms with van der Waals surface area (Å²) >= 11 is 0. The van der Waals surface area contributed by atoms with E-state index in [1.807, 2.05) is 6.92 Å². The van der Waals surface area contributed by atoms with Crippen LogP contribution < -0.4 is 0 Å². The first-order chi connectivity index (χ1) is 4.74. The minimum absolute atomic E-state index is 0. The molecule has 0 spiro atoms. The van der Waals surface area contributed by atoms with E-state index in [9.17, 15) is 4.79 Å². The summed E-state index contributed by atoms with van der Waals surface area (Å²) in [7, 11) is 0.